The van der Waals surface area contributed by atoms with Crippen molar-refractivity contribution in [2.75, 3.05) is 12.4 Å². The van der Waals surface area contributed by atoms with E-state index < -0.39 is 23.3 Å². The van der Waals surface area contributed by atoms with E-state index >= 15 is 0 Å². The van der Waals surface area contributed by atoms with E-state index in [0.29, 0.717) is 11.4 Å². The fourth-order valence-corrected chi connectivity index (χ4v) is 2.53. The summed E-state index contributed by atoms with van der Waals surface area (Å²) in [5, 5.41) is 6.77. The zero-order valence-corrected chi connectivity index (χ0v) is 14.8. The van der Waals surface area contributed by atoms with Gasteiger partial charge in [0.25, 0.3) is 5.56 Å². The molecule has 0 fully saturated rings. The highest BCUT2D eigenvalue weighted by molar-refractivity contribution is 5.93. The molecule has 138 valence electrons. The topological polar surface area (TPSA) is 73.2 Å². The average molecular weight is 367 g/mol. The first-order chi connectivity index (χ1) is 13.0. The summed E-state index contributed by atoms with van der Waals surface area (Å²) in [6, 6.07) is 15.0. The second-order valence-electron chi connectivity index (χ2n) is 5.87. The third kappa shape index (κ3) is 4.03. The Morgan fingerprint density at radius 3 is 2.48 bits per heavy atom. The lowest BCUT2D eigenvalue weighted by molar-refractivity contribution is -0.119. The van der Waals surface area contributed by atoms with Gasteiger partial charge in [0.2, 0.25) is 5.91 Å². The highest BCUT2D eigenvalue weighted by Gasteiger charge is 2.19. The zero-order chi connectivity index (χ0) is 19.4. The van der Waals surface area contributed by atoms with E-state index in [0.717, 1.165) is 10.2 Å². The molecule has 1 aromatic heterocycles. The van der Waals surface area contributed by atoms with Crippen molar-refractivity contribution in [2.45, 2.75) is 13.0 Å². The molecule has 7 heteroatoms. The van der Waals surface area contributed by atoms with Gasteiger partial charge in [0.1, 0.15) is 17.6 Å². The highest BCUT2D eigenvalue weighted by Crippen LogP contribution is 2.20. The van der Waals surface area contributed by atoms with Crippen molar-refractivity contribution in [1.29, 1.82) is 0 Å². The van der Waals surface area contributed by atoms with Crippen LogP contribution >= 0.6 is 0 Å². The fourth-order valence-electron chi connectivity index (χ4n) is 2.53. The lowest BCUT2D eigenvalue weighted by Gasteiger charge is -2.15. The van der Waals surface area contributed by atoms with Gasteiger partial charge in [0.05, 0.1) is 18.5 Å². The maximum absolute atomic E-state index is 13.7. The maximum Gasteiger partial charge on any atom is 0.267 e. The minimum Gasteiger partial charge on any atom is -0.497 e. The molecule has 3 aromatic rings. The average Bonchev–Trinajstić information content (AvgIpc) is 2.69. The summed E-state index contributed by atoms with van der Waals surface area (Å²) < 4.78 is 19.9. The molecule has 1 unspecified atom stereocenters. The highest BCUT2D eigenvalue weighted by atomic mass is 19.1. The number of amides is 1. The van der Waals surface area contributed by atoms with Crippen molar-refractivity contribution in [3.8, 4) is 17.0 Å². The molecular formula is C20H18FN3O3. The van der Waals surface area contributed by atoms with E-state index in [1.165, 1.54) is 31.2 Å². The van der Waals surface area contributed by atoms with Crippen molar-refractivity contribution in [3.63, 3.8) is 0 Å². The van der Waals surface area contributed by atoms with Gasteiger partial charge in [-0.2, -0.15) is 5.10 Å². The van der Waals surface area contributed by atoms with Crippen molar-refractivity contribution in [2.24, 2.45) is 0 Å². The van der Waals surface area contributed by atoms with Crippen molar-refractivity contribution < 1.29 is 13.9 Å². The van der Waals surface area contributed by atoms with Crippen LogP contribution in [0.1, 0.15) is 13.0 Å². The van der Waals surface area contributed by atoms with Crippen LogP contribution in [0.3, 0.4) is 0 Å². The smallest absolute Gasteiger partial charge is 0.267 e. The molecule has 0 bridgehead atoms. The largest absolute Gasteiger partial charge is 0.497 e. The van der Waals surface area contributed by atoms with Gasteiger partial charge in [-0.05, 0) is 49.4 Å². The molecule has 0 saturated heterocycles. The molecule has 6 nitrogen and oxygen atoms in total. The van der Waals surface area contributed by atoms with Crippen LogP contribution in [-0.4, -0.2) is 22.8 Å². The number of para-hydroxylation sites is 1. The summed E-state index contributed by atoms with van der Waals surface area (Å²) in [5.41, 5.74) is 0.922. The van der Waals surface area contributed by atoms with Gasteiger partial charge in [-0.3, -0.25) is 9.59 Å². The molecule has 1 atom stereocenters. The molecule has 0 aliphatic heterocycles. The number of methoxy groups -OCH3 is 1. The predicted octanol–water partition coefficient (Wildman–Crippen LogP) is 3.26. The van der Waals surface area contributed by atoms with E-state index in [1.54, 1.807) is 43.5 Å². The Morgan fingerprint density at radius 2 is 1.81 bits per heavy atom. The Hall–Kier alpha value is -3.48. The second kappa shape index (κ2) is 7.82. The van der Waals surface area contributed by atoms with E-state index in [9.17, 15) is 14.0 Å². The second-order valence-corrected chi connectivity index (χ2v) is 5.87. The van der Waals surface area contributed by atoms with Crippen LogP contribution in [0.5, 0.6) is 5.75 Å². The summed E-state index contributed by atoms with van der Waals surface area (Å²) in [5.74, 6) is -0.392. The third-order valence-electron chi connectivity index (χ3n) is 4.09. The normalized spacial score (nSPS) is 11.7. The lowest BCUT2D eigenvalue weighted by Crippen LogP contribution is -2.33. The number of hydrogen-bond acceptors (Lipinski definition) is 4. The van der Waals surface area contributed by atoms with Crippen LogP contribution in [0.15, 0.2) is 65.5 Å². The number of benzene rings is 2. The quantitative estimate of drug-likeness (QED) is 0.751. The number of anilines is 1. The number of nitrogens with zero attached hydrogens (tertiary/aromatic N) is 2. The number of aromatic nitrogens is 2. The van der Waals surface area contributed by atoms with Crippen molar-refractivity contribution in [3.05, 3.63) is 76.8 Å². The summed E-state index contributed by atoms with van der Waals surface area (Å²) in [4.78, 5) is 24.6. The standard InChI is InChI=1S/C20H18FN3O3/c1-13(20(26)22-18-6-4-3-5-16(18)21)24-19(25)12-11-17(23-24)14-7-9-15(27-2)10-8-14/h3-13H,1-2H3,(H,22,26). The molecule has 27 heavy (non-hydrogen) atoms. The third-order valence-corrected chi connectivity index (χ3v) is 4.09. The summed E-state index contributed by atoms with van der Waals surface area (Å²) >= 11 is 0. The van der Waals surface area contributed by atoms with Gasteiger partial charge >= 0.3 is 0 Å². The monoisotopic (exact) mass is 367 g/mol. The van der Waals surface area contributed by atoms with E-state index in [2.05, 4.69) is 10.4 Å². The molecule has 2 aromatic carbocycles. The van der Waals surface area contributed by atoms with E-state index in [4.69, 9.17) is 4.74 Å². The molecule has 0 aliphatic rings. The number of carbonyl (C=O) groups is 1. The Balaban J connectivity index is 1.87. The zero-order valence-electron chi connectivity index (χ0n) is 14.8. The van der Waals surface area contributed by atoms with Gasteiger partial charge in [-0.15, -0.1) is 0 Å². The van der Waals surface area contributed by atoms with Gasteiger partial charge in [-0.25, -0.2) is 9.07 Å². The molecule has 0 saturated carbocycles. The molecule has 1 N–H and O–H groups in total. The Kier molecular flexibility index (Phi) is 5.30. The number of hydrogen-bond donors (Lipinski definition) is 1. The predicted molar refractivity (Wildman–Crippen MR) is 100 cm³/mol. The molecule has 1 heterocycles. The van der Waals surface area contributed by atoms with Gasteiger partial charge < -0.3 is 10.1 Å². The fraction of sp³-hybridized carbons (Fsp3) is 0.150. The first-order valence-corrected chi connectivity index (χ1v) is 8.29. The SMILES string of the molecule is COc1ccc(-c2ccc(=O)n(C(C)C(=O)Nc3ccccc3F)n2)cc1. The summed E-state index contributed by atoms with van der Waals surface area (Å²) in [6.07, 6.45) is 0. The Labute approximate surface area is 155 Å². The van der Waals surface area contributed by atoms with Crippen LogP contribution in [0.25, 0.3) is 11.3 Å². The number of carbonyl (C=O) groups excluding carboxylic acids is 1. The molecule has 1 amide bonds. The number of rotatable bonds is 5. The first kappa shape index (κ1) is 18.3. The first-order valence-electron chi connectivity index (χ1n) is 8.29. The Morgan fingerprint density at radius 1 is 1.11 bits per heavy atom. The van der Waals surface area contributed by atoms with E-state index in [1.807, 2.05) is 0 Å². The van der Waals surface area contributed by atoms with Crippen LogP contribution in [0.2, 0.25) is 0 Å². The van der Waals surface area contributed by atoms with Crippen molar-refractivity contribution >= 4 is 11.6 Å². The van der Waals surface area contributed by atoms with Crippen LogP contribution in [0.4, 0.5) is 10.1 Å². The number of nitrogens with one attached hydrogen (secondary N) is 1. The molecule has 3 rings (SSSR count). The molecule has 0 aliphatic carbocycles. The molecule has 0 spiro atoms. The molecule has 0 radical (unpaired) electrons. The summed E-state index contributed by atoms with van der Waals surface area (Å²) in [6.45, 7) is 1.53. The lowest BCUT2D eigenvalue weighted by atomic mass is 10.1. The number of ether oxygens (including phenoxy) is 1. The van der Waals surface area contributed by atoms with Gasteiger partial charge in [0, 0.05) is 11.6 Å². The van der Waals surface area contributed by atoms with E-state index in [-0.39, 0.29) is 5.69 Å². The van der Waals surface area contributed by atoms with Gasteiger partial charge in [0.15, 0.2) is 0 Å². The van der Waals surface area contributed by atoms with Crippen molar-refractivity contribution in [1.82, 2.24) is 9.78 Å². The minimum atomic E-state index is -0.921. The Bertz CT molecular complexity index is 1020. The van der Waals surface area contributed by atoms with Gasteiger partial charge in [-0.1, -0.05) is 12.1 Å². The summed E-state index contributed by atoms with van der Waals surface area (Å²) in [7, 11) is 1.57. The molecular weight excluding hydrogens is 349 g/mol. The van der Waals surface area contributed by atoms with Crippen LogP contribution < -0.4 is 15.6 Å². The number of halogens is 1. The minimum absolute atomic E-state index is 0.0497. The maximum atomic E-state index is 13.7. The van der Waals surface area contributed by atoms with Crippen LogP contribution in [0, 0.1) is 5.82 Å². The van der Waals surface area contributed by atoms with Crippen LogP contribution in [-0.2, 0) is 4.79 Å².